The summed E-state index contributed by atoms with van der Waals surface area (Å²) in [5, 5.41) is 3.94. The number of benzene rings is 1. The summed E-state index contributed by atoms with van der Waals surface area (Å²) in [4.78, 5) is 15.7. The van der Waals surface area contributed by atoms with Crippen molar-refractivity contribution in [2.45, 2.75) is 62.5 Å². The van der Waals surface area contributed by atoms with Crippen LogP contribution >= 0.6 is 11.6 Å². The standard InChI is InChI=1S/C21H29ClN2O2/c22-17-8-6-16(7-9-17)21(10-2-3-11-21)20(25)23-13-19-14-24-12-4-1-5-18(24)15-26-19/h6-9,18-19H,1-5,10-15H2,(H,23,25). The molecule has 142 valence electrons. The summed E-state index contributed by atoms with van der Waals surface area (Å²) < 4.78 is 6.04. The third-order valence-electron chi connectivity index (χ3n) is 6.49. The summed E-state index contributed by atoms with van der Waals surface area (Å²) >= 11 is 6.04. The molecule has 1 amide bonds. The maximum atomic E-state index is 13.2. The highest BCUT2D eigenvalue weighted by molar-refractivity contribution is 6.30. The quantitative estimate of drug-likeness (QED) is 0.874. The molecule has 3 aliphatic rings. The van der Waals surface area contributed by atoms with Gasteiger partial charge < -0.3 is 10.1 Å². The maximum Gasteiger partial charge on any atom is 0.230 e. The monoisotopic (exact) mass is 376 g/mol. The molecule has 0 bridgehead atoms. The molecule has 2 atom stereocenters. The Morgan fingerprint density at radius 1 is 1.19 bits per heavy atom. The summed E-state index contributed by atoms with van der Waals surface area (Å²) in [6.07, 6.45) is 8.00. The van der Waals surface area contributed by atoms with Gasteiger partial charge in [0.1, 0.15) is 0 Å². The van der Waals surface area contributed by atoms with E-state index in [9.17, 15) is 4.79 Å². The third-order valence-corrected chi connectivity index (χ3v) is 6.74. The van der Waals surface area contributed by atoms with E-state index in [1.54, 1.807) is 0 Å². The molecule has 1 saturated carbocycles. The van der Waals surface area contributed by atoms with Gasteiger partial charge >= 0.3 is 0 Å². The Bertz CT molecular complexity index is 627. The molecule has 1 aromatic rings. The summed E-state index contributed by atoms with van der Waals surface area (Å²) in [6.45, 7) is 3.53. The van der Waals surface area contributed by atoms with E-state index in [1.165, 1.54) is 25.8 Å². The molecule has 1 aromatic carbocycles. The zero-order valence-corrected chi connectivity index (χ0v) is 16.1. The van der Waals surface area contributed by atoms with Crippen molar-refractivity contribution in [3.63, 3.8) is 0 Å². The summed E-state index contributed by atoms with van der Waals surface area (Å²) in [6, 6.07) is 8.41. The van der Waals surface area contributed by atoms with Crippen molar-refractivity contribution < 1.29 is 9.53 Å². The lowest BCUT2D eigenvalue weighted by atomic mass is 9.78. The molecule has 2 unspecified atom stereocenters. The third kappa shape index (κ3) is 3.64. The van der Waals surface area contributed by atoms with Gasteiger partial charge in [-0.1, -0.05) is 43.0 Å². The second-order valence-electron chi connectivity index (χ2n) is 8.11. The molecule has 5 heteroatoms. The summed E-state index contributed by atoms with van der Waals surface area (Å²) in [5.74, 6) is 0.154. The molecular formula is C21H29ClN2O2. The van der Waals surface area contributed by atoms with Crippen LogP contribution in [0.4, 0.5) is 0 Å². The van der Waals surface area contributed by atoms with Crippen LogP contribution in [0, 0.1) is 0 Å². The Morgan fingerprint density at radius 3 is 2.73 bits per heavy atom. The van der Waals surface area contributed by atoms with E-state index in [1.807, 2.05) is 24.3 Å². The molecule has 1 N–H and O–H groups in total. The van der Waals surface area contributed by atoms with Gasteiger partial charge in [0.05, 0.1) is 18.1 Å². The van der Waals surface area contributed by atoms with Gasteiger partial charge in [-0.05, 0) is 49.9 Å². The fraction of sp³-hybridized carbons (Fsp3) is 0.667. The number of nitrogens with one attached hydrogen (secondary N) is 1. The van der Waals surface area contributed by atoms with E-state index in [4.69, 9.17) is 16.3 Å². The molecule has 3 fully saturated rings. The fourth-order valence-corrected chi connectivity index (χ4v) is 5.07. The van der Waals surface area contributed by atoms with Gasteiger partial charge in [0.15, 0.2) is 0 Å². The number of ether oxygens (including phenoxy) is 1. The van der Waals surface area contributed by atoms with Crippen LogP contribution < -0.4 is 5.32 Å². The number of rotatable bonds is 4. The molecular weight excluding hydrogens is 348 g/mol. The first kappa shape index (κ1) is 18.3. The lowest BCUT2D eigenvalue weighted by molar-refractivity contribution is -0.128. The summed E-state index contributed by atoms with van der Waals surface area (Å²) in [7, 11) is 0. The average Bonchev–Trinajstić information content (AvgIpc) is 3.17. The molecule has 0 radical (unpaired) electrons. The van der Waals surface area contributed by atoms with Crippen molar-refractivity contribution in [3.8, 4) is 0 Å². The minimum atomic E-state index is -0.396. The van der Waals surface area contributed by atoms with Gasteiger partial charge in [-0.25, -0.2) is 0 Å². The van der Waals surface area contributed by atoms with Crippen molar-refractivity contribution in [1.29, 1.82) is 0 Å². The molecule has 1 aliphatic carbocycles. The Hall–Kier alpha value is -1.10. The first-order chi connectivity index (χ1) is 12.7. The Morgan fingerprint density at radius 2 is 1.96 bits per heavy atom. The van der Waals surface area contributed by atoms with Crippen molar-refractivity contribution in [3.05, 3.63) is 34.9 Å². The Labute approximate surface area is 161 Å². The molecule has 0 spiro atoms. The van der Waals surface area contributed by atoms with Crippen LogP contribution in [0.2, 0.25) is 5.02 Å². The van der Waals surface area contributed by atoms with Gasteiger partial charge in [-0.15, -0.1) is 0 Å². The predicted molar refractivity (Wildman–Crippen MR) is 104 cm³/mol. The number of fused-ring (bicyclic) bond motifs is 1. The largest absolute Gasteiger partial charge is 0.373 e. The SMILES string of the molecule is O=C(NCC1CN2CCCCC2CO1)C1(c2ccc(Cl)cc2)CCCC1. The normalized spacial score (nSPS) is 28.5. The number of carbonyl (C=O) groups is 1. The number of morpholine rings is 1. The maximum absolute atomic E-state index is 13.2. The second-order valence-corrected chi connectivity index (χ2v) is 8.54. The highest BCUT2D eigenvalue weighted by Crippen LogP contribution is 2.41. The zero-order chi connectivity index (χ0) is 18.0. The first-order valence-electron chi connectivity index (χ1n) is 10.1. The number of hydrogen-bond donors (Lipinski definition) is 1. The van der Waals surface area contributed by atoms with Gasteiger partial charge in [0, 0.05) is 24.2 Å². The minimum absolute atomic E-state index is 0.108. The van der Waals surface area contributed by atoms with E-state index < -0.39 is 5.41 Å². The molecule has 2 aliphatic heterocycles. The number of nitrogens with zero attached hydrogens (tertiary/aromatic N) is 1. The van der Waals surface area contributed by atoms with E-state index in [0.29, 0.717) is 17.6 Å². The number of halogens is 1. The predicted octanol–water partition coefficient (Wildman–Crippen LogP) is 3.52. The van der Waals surface area contributed by atoms with Crippen LogP contribution in [0.25, 0.3) is 0 Å². The van der Waals surface area contributed by atoms with Crippen LogP contribution in [-0.2, 0) is 14.9 Å². The van der Waals surface area contributed by atoms with E-state index in [2.05, 4.69) is 10.2 Å². The van der Waals surface area contributed by atoms with Crippen LogP contribution in [0.3, 0.4) is 0 Å². The molecule has 2 heterocycles. The highest BCUT2D eigenvalue weighted by Gasteiger charge is 2.43. The number of amides is 1. The smallest absolute Gasteiger partial charge is 0.230 e. The van der Waals surface area contributed by atoms with Gasteiger partial charge in [0.25, 0.3) is 0 Å². The van der Waals surface area contributed by atoms with Crippen LogP contribution in [0.5, 0.6) is 0 Å². The Balaban J connectivity index is 1.39. The molecule has 4 nitrogen and oxygen atoms in total. The lowest BCUT2D eigenvalue weighted by Crippen LogP contribution is -2.55. The Kier molecular flexibility index (Phi) is 5.53. The minimum Gasteiger partial charge on any atom is -0.373 e. The van der Waals surface area contributed by atoms with Gasteiger partial charge in [0.2, 0.25) is 5.91 Å². The van der Waals surface area contributed by atoms with Crippen LogP contribution in [-0.4, -0.2) is 49.2 Å². The fourth-order valence-electron chi connectivity index (χ4n) is 4.94. The van der Waals surface area contributed by atoms with E-state index >= 15 is 0 Å². The number of carbonyl (C=O) groups excluding carboxylic acids is 1. The molecule has 0 aromatic heterocycles. The molecule has 26 heavy (non-hydrogen) atoms. The van der Waals surface area contributed by atoms with Crippen molar-refractivity contribution in [2.24, 2.45) is 0 Å². The van der Waals surface area contributed by atoms with Crippen molar-refractivity contribution in [1.82, 2.24) is 10.2 Å². The van der Waals surface area contributed by atoms with Crippen LogP contribution in [0.1, 0.15) is 50.5 Å². The highest BCUT2D eigenvalue weighted by atomic mass is 35.5. The summed E-state index contributed by atoms with van der Waals surface area (Å²) in [5.41, 5.74) is 0.699. The van der Waals surface area contributed by atoms with E-state index in [-0.39, 0.29) is 12.0 Å². The second kappa shape index (κ2) is 7.87. The zero-order valence-electron chi connectivity index (χ0n) is 15.4. The lowest BCUT2D eigenvalue weighted by Gasteiger charge is -2.42. The molecule has 2 saturated heterocycles. The van der Waals surface area contributed by atoms with Crippen molar-refractivity contribution in [2.75, 3.05) is 26.2 Å². The van der Waals surface area contributed by atoms with E-state index in [0.717, 1.165) is 44.4 Å². The topological polar surface area (TPSA) is 41.6 Å². The number of hydrogen-bond acceptors (Lipinski definition) is 3. The van der Waals surface area contributed by atoms with Gasteiger partial charge in [-0.3, -0.25) is 9.69 Å². The molecule has 4 rings (SSSR count). The first-order valence-corrected chi connectivity index (χ1v) is 10.5. The van der Waals surface area contributed by atoms with Crippen molar-refractivity contribution >= 4 is 17.5 Å². The number of piperidine rings is 1. The van der Waals surface area contributed by atoms with Gasteiger partial charge in [-0.2, -0.15) is 0 Å². The average molecular weight is 377 g/mol. The van der Waals surface area contributed by atoms with Crippen LogP contribution in [0.15, 0.2) is 24.3 Å².